The molecule has 1 N–H and O–H groups in total. The van der Waals surface area contributed by atoms with Crippen molar-refractivity contribution in [2.24, 2.45) is 0 Å². The fraction of sp³-hybridized carbons (Fsp3) is 0.0833. The number of benzene rings is 3. The van der Waals surface area contributed by atoms with E-state index < -0.39 is 0 Å². The molecule has 0 aliphatic carbocycles. The van der Waals surface area contributed by atoms with Gasteiger partial charge in [-0.05, 0) is 60.2 Å². The first-order valence-electron chi connectivity index (χ1n) is 9.49. The second kappa shape index (κ2) is 9.64. The highest BCUT2D eigenvalue weighted by Crippen LogP contribution is 2.27. The van der Waals surface area contributed by atoms with Crippen molar-refractivity contribution in [2.45, 2.75) is 6.61 Å². The number of nitrogens with zero attached hydrogens (tertiary/aromatic N) is 1. The molecule has 0 fully saturated rings. The summed E-state index contributed by atoms with van der Waals surface area (Å²) in [5.41, 5.74) is 2.93. The van der Waals surface area contributed by atoms with Gasteiger partial charge >= 0.3 is 0 Å². The summed E-state index contributed by atoms with van der Waals surface area (Å²) in [7, 11) is 1.64. The smallest absolute Gasteiger partial charge is 0.275 e. The van der Waals surface area contributed by atoms with Crippen LogP contribution in [0.5, 0.6) is 11.5 Å². The lowest BCUT2D eigenvalue weighted by molar-refractivity contribution is 0.102. The number of amides is 1. The van der Waals surface area contributed by atoms with Gasteiger partial charge in [-0.3, -0.25) is 4.79 Å². The molecule has 1 aromatic heterocycles. The van der Waals surface area contributed by atoms with Crippen molar-refractivity contribution < 1.29 is 14.3 Å². The predicted molar refractivity (Wildman–Crippen MR) is 124 cm³/mol. The maximum atomic E-state index is 12.5. The molecule has 0 saturated carbocycles. The van der Waals surface area contributed by atoms with Crippen molar-refractivity contribution in [3.8, 4) is 22.1 Å². The van der Waals surface area contributed by atoms with Gasteiger partial charge in [0.05, 0.1) is 7.11 Å². The van der Waals surface area contributed by atoms with Gasteiger partial charge in [0.1, 0.15) is 28.8 Å². The summed E-state index contributed by atoms with van der Waals surface area (Å²) >= 11 is 7.37. The molecule has 0 bridgehead atoms. The average molecular weight is 451 g/mol. The van der Waals surface area contributed by atoms with Crippen LogP contribution in [-0.4, -0.2) is 18.0 Å². The number of rotatable bonds is 7. The van der Waals surface area contributed by atoms with Crippen molar-refractivity contribution in [2.75, 3.05) is 12.4 Å². The summed E-state index contributed by atoms with van der Waals surface area (Å²) in [4.78, 5) is 16.9. The molecule has 0 atom stereocenters. The fourth-order valence-corrected chi connectivity index (χ4v) is 3.89. The number of thiazole rings is 1. The minimum Gasteiger partial charge on any atom is -0.497 e. The van der Waals surface area contributed by atoms with Crippen molar-refractivity contribution in [3.63, 3.8) is 0 Å². The molecule has 5 nitrogen and oxygen atoms in total. The Labute approximate surface area is 189 Å². The molecule has 0 unspecified atom stereocenters. The molecule has 7 heteroatoms. The van der Waals surface area contributed by atoms with Crippen LogP contribution >= 0.6 is 22.9 Å². The molecule has 4 aromatic rings. The Kier molecular flexibility index (Phi) is 6.50. The van der Waals surface area contributed by atoms with Crippen LogP contribution in [0, 0.1) is 0 Å². The van der Waals surface area contributed by atoms with Crippen LogP contribution < -0.4 is 14.8 Å². The molecule has 0 aliphatic heterocycles. The normalized spacial score (nSPS) is 10.5. The second-order valence-corrected chi connectivity index (χ2v) is 7.96. The van der Waals surface area contributed by atoms with Gasteiger partial charge in [-0.1, -0.05) is 29.8 Å². The Bertz CT molecular complexity index is 1190. The zero-order valence-corrected chi connectivity index (χ0v) is 18.2. The van der Waals surface area contributed by atoms with E-state index in [-0.39, 0.29) is 5.91 Å². The minimum atomic E-state index is -0.275. The average Bonchev–Trinajstić information content (AvgIpc) is 3.29. The maximum Gasteiger partial charge on any atom is 0.275 e. The molecule has 156 valence electrons. The fourth-order valence-electron chi connectivity index (χ4n) is 2.89. The van der Waals surface area contributed by atoms with Gasteiger partial charge < -0.3 is 14.8 Å². The first-order chi connectivity index (χ1) is 15.1. The number of nitrogens with one attached hydrogen (secondary N) is 1. The van der Waals surface area contributed by atoms with Crippen LogP contribution in [0.1, 0.15) is 16.1 Å². The van der Waals surface area contributed by atoms with E-state index in [2.05, 4.69) is 10.3 Å². The van der Waals surface area contributed by atoms with E-state index in [9.17, 15) is 4.79 Å². The summed E-state index contributed by atoms with van der Waals surface area (Å²) < 4.78 is 11.1. The van der Waals surface area contributed by atoms with Gasteiger partial charge in [-0.25, -0.2) is 4.98 Å². The SMILES string of the molecule is COc1cccc(COc2ccc(-c3nc(C(=O)Nc4cccc(Cl)c4)cs3)cc2)c1. The summed E-state index contributed by atoms with van der Waals surface area (Å²) in [6.07, 6.45) is 0. The highest BCUT2D eigenvalue weighted by Gasteiger charge is 2.12. The van der Waals surface area contributed by atoms with Crippen LogP contribution in [-0.2, 0) is 6.61 Å². The molecule has 3 aromatic carbocycles. The minimum absolute atomic E-state index is 0.275. The Morgan fingerprint density at radius 2 is 1.84 bits per heavy atom. The third-order valence-electron chi connectivity index (χ3n) is 4.46. The van der Waals surface area contributed by atoms with Gasteiger partial charge in [0.15, 0.2) is 0 Å². The topological polar surface area (TPSA) is 60.5 Å². The van der Waals surface area contributed by atoms with Crippen molar-refractivity contribution in [1.82, 2.24) is 4.98 Å². The Hall–Kier alpha value is -3.35. The molecule has 4 rings (SSSR count). The van der Waals surface area contributed by atoms with E-state index in [0.29, 0.717) is 23.0 Å². The van der Waals surface area contributed by atoms with Crippen LogP contribution in [0.3, 0.4) is 0 Å². The predicted octanol–water partition coefficient (Wildman–Crippen LogP) is 6.30. The van der Waals surface area contributed by atoms with Gasteiger partial charge in [0.2, 0.25) is 0 Å². The van der Waals surface area contributed by atoms with Crippen molar-refractivity contribution >= 4 is 34.5 Å². The third kappa shape index (κ3) is 5.42. The molecular formula is C24H19ClN2O3S. The lowest BCUT2D eigenvalue weighted by Gasteiger charge is -2.08. The van der Waals surface area contributed by atoms with Gasteiger partial charge in [0.25, 0.3) is 5.91 Å². The second-order valence-electron chi connectivity index (χ2n) is 6.67. The lowest BCUT2D eigenvalue weighted by atomic mass is 10.2. The van der Waals surface area contributed by atoms with E-state index >= 15 is 0 Å². The summed E-state index contributed by atoms with van der Waals surface area (Å²) in [6, 6.07) is 22.4. The number of anilines is 1. The summed E-state index contributed by atoms with van der Waals surface area (Å²) in [5.74, 6) is 1.28. The molecule has 0 spiro atoms. The zero-order valence-electron chi connectivity index (χ0n) is 16.7. The lowest BCUT2D eigenvalue weighted by Crippen LogP contribution is -2.12. The first kappa shape index (κ1) is 20.9. The highest BCUT2D eigenvalue weighted by atomic mass is 35.5. The van der Waals surface area contributed by atoms with Crippen LogP contribution in [0.4, 0.5) is 5.69 Å². The van der Waals surface area contributed by atoms with Gasteiger partial charge in [-0.2, -0.15) is 0 Å². The zero-order chi connectivity index (χ0) is 21.6. The van der Waals surface area contributed by atoms with E-state index in [1.807, 2.05) is 48.5 Å². The Morgan fingerprint density at radius 1 is 1.03 bits per heavy atom. The molecule has 1 heterocycles. The van der Waals surface area contributed by atoms with Crippen molar-refractivity contribution in [1.29, 1.82) is 0 Å². The molecule has 0 radical (unpaired) electrons. The highest BCUT2D eigenvalue weighted by molar-refractivity contribution is 7.13. The first-order valence-corrected chi connectivity index (χ1v) is 10.7. The number of carbonyl (C=O) groups is 1. The maximum absolute atomic E-state index is 12.5. The standard InChI is InChI=1S/C24H19ClN2O3S/c1-29-21-7-2-4-16(12-21)14-30-20-10-8-17(9-11-20)24-27-22(15-31-24)23(28)26-19-6-3-5-18(25)13-19/h2-13,15H,14H2,1H3,(H,26,28). The van der Waals surface area contributed by atoms with E-state index in [0.717, 1.165) is 27.6 Å². The van der Waals surface area contributed by atoms with Crippen LogP contribution in [0.15, 0.2) is 78.2 Å². The Morgan fingerprint density at radius 3 is 2.61 bits per heavy atom. The number of hydrogen-bond donors (Lipinski definition) is 1. The van der Waals surface area contributed by atoms with Crippen LogP contribution in [0.25, 0.3) is 10.6 Å². The number of halogens is 1. The molecular weight excluding hydrogens is 432 g/mol. The number of ether oxygens (including phenoxy) is 2. The van der Waals surface area contributed by atoms with Gasteiger partial charge in [-0.15, -0.1) is 11.3 Å². The number of aromatic nitrogens is 1. The molecule has 31 heavy (non-hydrogen) atoms. The molecule has 0 aliphatic rings. The third-order valence-corrected chi connectivity index (χ3v) is 5.59. The number of methoxy groups -OCH3 is 1. The number of carbonyl (C=O) groups excluding carboxylic acids is 1. The largest absolute Gasteiger partial charge is 0.497 e. The quantitative estimate of drug-likeness (QED) is 0.358. The summed E-state index contributed by atoms with van der Waals surface area (Å²) in [6.45, 7) is 0.446. The number of hydrogen-bond acceptors (Lipinski definition) is 5. The molecule has 1 amide bonds. The van der Waals surface area contributed by atoms with Crippen LogP contribution in [0.2, 0.25) is 5.02 Å². The van der Waals surface area contributed by atoms with E-state index in [4.69, 9.17) is 21.1 Å². The summed E-state index contributed by atoms with van der Waals surface area (Å²) in [5, 5.41) is 5.86. The van der Waals surface area contributed by atoms with E-state index in [1.165, 1.54) is 11.3 Å². The molecule has 0 saturated heterocycles. The van der Waals surface area contributed by atoms with E-state index in [1.54, 1.807) is 36.8 Å². The Balaban J connectivity index is 1.39. The van der Waals surface area contributed by atoms with Crippen molar-refractivity contribution in [3.05, 3.63) is 94.5 Å². The monoisotopic (exact) mass is 450 g/mol. The van der Waals surface area contributed by atoms with Gasteiger partial charge in [0, 0.05) is 21.7 Å².